The van der Waals surface area contributed by atoms with E-state index in [2.05, 4.69) is 20.8 Å². The molecule has 2 rings (SSSR count). The van der Waals surface area contributed by atoms with Gasteiger partial charge in [-0.15, -0.1) is 0 Å². The van der Waals surface area contributed by atoms with Crippen LogP contribution in [0.3, 0.4) is 0 Å². The van der Waals surface area contributed by atoms with Gasteiger partial charge in [0.2, 0.25) is 0 Å². The van der Waals surface area contributed by atoms with E-state index < -0.39 is 23.5 Å². The van der Waals surface area contributed by atoms with Crippen LogP contribution in [-0.2, 0) is 18.1 Å². The van der Waals surface area contributed by atoms with E-state index in [4.69, 9.17) is 5.11 Å². The molecule has 0 spiro atoms. The number of carboxylic acid groups (broad SMARTS) is 1. The number of nitrogens with one attached hydrogen (secondary N) is 1. The molecule has 0 fully saturated rings. The molecule has 2 aromatic rings. The van der Waals surface area contributed by atoms with Crippen molar-refractivity contribution in [3.63, 3.8) is 0 Å². The van der Waals surface area contributed by atoms with Gasteiger partial charge in [-0.2, -0.15) is 13.2 Å². The van der Waals surface area contributed by atoms with Crippen LogP contribution >= 0.6 is 0 Å². The molecule has 0 radical (unpaired) electrons. The van der Waals surface area contributed by atoms with Crippen molar-refractivity contribution in [1.29, 1.82) is 0 Å². The second-order valence-electron chi connectivity index (χ2n) is 7.46. The highest BCUT2D eigenvalue weighted by Crippen LogP contribution is 2.37. The largest absolute Gasteiger partial charge is 0.465 e. The number of alkyl halides is 3. The average molecular weight is 380 g/mol. The van der Waals surface area contributed by atoms with Crippen LogP contribution in [0.5, 0.6) is 0 Å². The molecule has 0 aliphatic rings. The smallest absolute Gasteiger partial charge is 0.418 e. The minimum absolute atomic E-state index is 0.0268. The summed E-state index contributed by atoms with van der Waals surface area (Å²) in [6.45, 7) is 6.76. The van der Waals surface area contributed by atoms with Crippen molar-refractivity contribution in [2.24, 2.45) is 0 Å². The number of amides is 1. The van der Waals surface area contributed by atoms with E-state index in [1.54, 1.807) is 17.3 Å². The Bertz CT molecular complexity index is 809. The average Bonchev–Trinajstić information content (AvgIpc) is 2.53. The highest BCUT2D eigenvalue weighted by Gasteiger charge is 2.34. The van der Waals surface area contributed by atoms with Crippen LogP contribution in [0.4, 0.5) is 29.3 Å². The number of rotatable bonds is 4. The molecule has 146 valence electrons. The summed E-state index contributed by atoms with van der Waals surface area (Å²) in [6.07, 6.45) is -6.20. The van der Waals surface area contributed by atoms with Gasteiger partial charge >= 0.3 is 12.3 Å². The molecule has 0 unspecified atom stereocenters. The fourth-order valence-corrected chi connectivity index (χ4v) is 2.70. The first kappa shape index (κ1) is 20.6. The van der Waals surface area contributed by atoms with Gasteiger partial charge in [0.05, 0.1) is 11.3 Å². The highest BCUT2D eigenvalue weighted by atomic mass is 19.4. The molecule has 0 saturated heterocycles. The molecule has 2 aromatic carbocycles. The molecule has 0 aliphatic carbocycles. The van der Waals surface area contributed by atoms with Crippen molar-refractivity contribution < 1.29 is 23.1 Å². The lowest BCUT2D eigenvalue weighted by Gasteiger charge is -2.23. The van der Waals surface area contributed by atoms with Gasteiger partial charge in [0.25, 0.3) is 0 Å². The first-order valence-electron chi connectivity index (χ1n) is 8.39. The first-order chi connectivity index (χ1) is 12.4. The van der Waals surface area contributed by atoms with Crippen LogP contribution in [0, 0.1) is 0 Å². The van der Waals surface area contributed by atoms with Crippen molar-refractivity contribution in [1.82, 2.24) is 0 Å². The van der Waals surface area contributed by atoms with Crippen LogP contribution < -0.4 is 10.2 Å². The second kappa shape index (κ2) is 7.50. The number of hydrogen-bond acceptors (Lipinski definition) is 2. The summed E-state index contributed by atoms with van der Waals surface area (Å²) < 4.78 is 39.8. The second-order valence-corrected chi connectivity index (χ2v) is 7.46. The maximum Gasteiger partial charge on any atom is 0.418 e. The van der Waals surface area contributed by atoms with E-state index in [-0.39, 0.29) is 5.41 Å². The number of nitrogens with zero attached hydrogens (tertiary/aromatic N) is 1. The predicted molar refractivity (Wildman–Crippen MR) is 100 cm³/mol. The van der Waals surface area contributed by atoms with E-state index >= 15 is 0 Å². The van der Waals surface area contributed by atoms with Crippen LogP contribution in [0.2, 0.25) is 0 Å². The zero-order chi connectivity index (χ0) is 20.4. The fraction of sp³-hybridized carbons (Fsp3) is 0.350. The molecule has 0 saturated carbocycles. The van der Waals surface area contributed by atoms with E-state index in [0.29, 0.717) is 12.2 Å². The Morgan fingerprint density at radius 2 is 1.67 bits per heavy atom. The fourth-order valence-electron chi connectivity index (χ4n) is 2.70. The van der Waals surface area contributed by atoms with E-state index in [1.165, 1.54) is 11.6 Å². The Morgan fingerprint density at radius 3 is 2.15 bits per heavy atom. The summed E-state index contributed by atoms with van der Waals surface area (Å²) in [5.74, 6) is 0. The molecular weight excluding hydrogens is 357 g/mol. The molecule has 0 aromatic heterocycles. The molecule has 7 heteroatoms. The third kappa shape index (κ3) is 5.39. The predicted octanol–water partition coefficient (Wildman–Crippen LogP) is 5.73. The minimum atomic E-state index is -4.66. The maximum absolute atomic E-state index is 13.3. The Labute approximate surface area is 156 Å². The quantitative estimate of drug-likeness (QED) is 0.712. The van der Waals surface area contributed by atoms with Crippen molar-refractivity contribution in [3.05, 3.63) is 59.2 Å². The monoisotopic (exact) mass is 380 g/mol. The summed E-state index contributed by atoms with van der Waals surface area (Å²) in [6, 6.07) is 11.5. The van der Waals surface area contributed by atoms with Gasteiger partial charge in [0.1, 0.15) is 0 Å². The molecule has 4 nitrogen and oxygen atoms in total. The Balaban J connectivity index is 2.25. The van der Waals surface area contributed by atoms with Crippen LogP contribution in [0.1, 0.15) is 37.5 Å². The van der Waals surface area contributed by atoms with Gasteiger partial charge in [-0.25, -0.2) is 4.79 Å². The topological polar surface area (TPSA) is 52.6 Å². The third-order valence-electron chi connectivity index (χ3n) is 4.23. The third-order valence-corrected chi connectivity index (χ3v) is 4.23. The molecule has 0 bridgehead atoms. The molecular formula is C20H23F3N2O2. The molecule has 0 atom stereocenters. The summed E-state index contributed by atoms with van der Waals surface area (Å²) in [5.41, 5.74) is 1.01. The van der Waals surface area contributed by atoms with Gasteiger partial charge < -0.3 is 10.0 Å². The van der Waals surface area contributed by atoms with E-state index in [9.17, 15) is 18.0 Å². The number of carbonyl (C=O) groups is 1. The summed E-state index contributed by atoms with van der Waals surface area (Å²) >= 11 is 0. The van der Waals surface area contributed by atoms with Crippen LogP contribution in [-0.4, -0.2) is 18.2 Å². The van der Waals surface area contributed by atoms with Crippen LogP contribution in [0.15, 0.2) is 42.5 Å². The number of anilines is 2. The van der Waals surface area contributed by atoms with E-state index in [1.807, 2.05) is 24.3 Å². The highest BCUT2D eigenvalue weighted by molar-refractivity contribution is 5.84. The Kier molecular flexibility index (Phi) is 5.73. The molecule has 0 aliphatic heterocycles. The lowest BCUT2D eigenvalue weighted by atomic mass is 9.87. The molecule has 27 heavy (non-hydrogen) atoms. The standard InChI is InChI=1S/C20H23F3N2O2/c1-19(2,3)14-7-5-13(6-8-14)12-25(4)15-9-10-17(24-18(26)27)16(11-15)20(21,22)23/h5-11,24H,12H2,1-4H3,(H,26,27). The Morgan fingerprint density at radius 1 is 1.07 bits per heavy atom. The van der Waals surface area contributed by atoms with E-state index in [0.717, 1.165) is 17.7 Å². The number of hydrogen-bond donors (Lipinski definition) is 2. The zero-order valence-electron chi connectivity index (χ0n) is 15.7. The van der Waals surface area contributed by atoms with Gasteiger partial charge in [-0.3, -0.25) is 5.32 Å². The van der Waals surface area contributed by atoms with Crippen molar-refractivity contribution in [2.45, 2.75) is 38.9 Å². The summed E-state index contributed by atoms with van der Waals surface area (Å²) in [4.78, 5) is 12.4. The molecule has 1 amide bonds. The summed E-state index contributed by atoms with van der Waals surface area (Å²) in [5, 5.41) is 10.5. The van der Waals surface area contributed by atoms with Crippen molar-refractivity contribution in [2.75, 3.05) is 17.3 Å². The SMILES string of the molecule is CN(Cc1ccc(C(C)(C)C)cc1)c1ccc(NC(=O)O)c(C(F)(F)F)c1. The minimum Gasteiger partial charge on any atom is -0.465 e. The van der Waals surface area contributed by atoms with Crippen LogP contribution in [0.25, 0.3) is 0 Å². The lowest BCUT2D eigenvalue weighted by molar-refractivity contribution is -0.136. The first-order valence-corrected chi connectivity index (χ1v) is 8.39. The van der Waals surface area contributed by atoms with Gasteiger partial charge in [0.15, 0.2) is 0 Å². The normalized spacial score (nSPS) is 12.0. The number of halogens is 3. The van der Waals surface area contributed by atoms with Crippen molar-refractivity contribution >= 4 is 17.5 Å². The number of benzene rings is 2. The maximum atomic E-state index is 13.3. The van der Waals surface area contributed by atoms with Gasteiger partial charge in [-0.1, -0.05) is 45.0 Å². The Hall–Kier alpha value is -2.70. The van der Waals surface area contributed by atoms with Gasteiger partial charge in [-0.05, 0) is 34.7 Å². The summed E-state index contributed by atoms with van der Waals surface area (Å²) in [7, 11) is 1.69. The van der Waals surface area contributed by atoms with Gasteiger partial charge in [0, 0.05) is 19.3 Å². The molecule has 2 N–H and O–H groups in total. The van der Waals surface area contributed by atoms with Crippen molar-refractivity contribution in [3.8, 4) is 0 Å². The zero-order valence-corrected chi connectivity index (χ0v) is 15.7. The molecule has 0 heterocycles. The lowest BCUT2D eigenvalue weighted by Crippen LogP contribution is -2.19.